The maximum absolute atomic E-state index is 12.0. The Hall–Kier alpha value is -2.08. The summed E-state index contributed by atoms with van der Waals surface area (Å²) >= 11 is 0. The van der Waals surface area contributed by atoms with Crippen LogP contribution in [0.25, 0.3) is 0 Å². The van der Waals surface area contributed by atoms with Gasteiger partial charge in [-0.3, -0.25) is 4.79 Å². The second-order valence-electron chi connectivity index (χ2n) is 5.70. The summed E-state index contributed by atoms with van der Waals surface area (Å²) in [6.07, 6.45) is 0.308. The van der Waals surface area contributed by atoms with Crippen LogP contribution in [0.2, 0.25) is 0 Å². The average Bonchev–Trinajstić information content (AvgIpc) is 2.48. The van der Waals surface area contributed by atoms with E-state index in [1.807, 2.05) is 45.0 Å². The summed E-state index contributed by atoms with van der Waals surface area (Å²) in [4.78, 5) is 25.4. The van der Waals surface area contributed by atoms with E-state index in [9.17, 15) is 9.59 Å². The zero-order chi connectivity index (χ0) is 17.4. The predicted octanol–water partition coefficient (Wildman–Crippen LogP) is 2.47. The summed E-state index contributed by atoms with van der Waals surface area (Å²) in [6, 6.07) is 7.11. The first-order chi connectivity index (χ1) is 10.9. The molecule has 2 unspecified atom stereocenters. The van der Waals surface area contributed by atoms with Gasteiger partial charge in [0, 0.05) is 31.2 Å². The lowest BCUT2D eigenvalue weighted by atomic mass is 10.1. The number of anilines is 1. The van der Waals surface area contributed by atoms with Crippen molar-refractivity contribution in [2.24, 2.45) is 5.73 Å². The quantitative estimate of drug-likeness (QED) is 0.721. The van der Waals surface area contributed by atoms with Crippen LogP contribution >= 0.6 is 0 Å². The van der Waals surface area contributed by atoms with E-state index in [4.69, 9.17) is 5.73 Å². The van der Waals surface area contributed by atoms with Gasteiger partial charge in [-0.2, -0.15) is 0 Å². The minimum Gasteiger partial charge on any atom is -0.350 e. The van der Waals surface area contributed by atoms with E-state index in [2.05, 4.69) is 10.6 Å². The molecule has 6 nitrogen and oxygen atoms in total. The monoisotopic (exact) mass is 320 g/mol. The first-order valence-corrected chi connectivity index (χ1v) is 8.08. The molecule has 4 N–H and O–H groups in total. The third kappa shape index (κ3) is 6.28. The van der Waals surface area contributed by atoms with E-state index in [0.29, 0.717) is 19.5 Å². The minimum atomic E-state index is -0.153. The van der Waals surface area contributed by atoms with Crippen molar-refractivity contribution in [1.29, 1.82) is 0 Å². The largest absolute Gasteiger partial charge is 0.350 e. The summed E-state index contributed by atoms with van der Waals surface area (Å²) in [5, 5.41) is 5.77. The van der Waals surface area contributed by atoms with Crippen molar-refractivity contribution in [3.63, 3.8) is 0 Å². The lowest BCUT2D eigenvalue weighted by Crippen LogP contribution is -2.34. The first-order valence-electron chi connectivity index (χ1n) is 8.08. The smallest absolute Gasteiger partial charge is 0.321 e. The van der Waals surface area contributed by atoms with Gasteiger partial charge in [0.1, 0.15) is 0 Å². The average molecular weight is 320 g/mol. The Balaban J connectivity index is 2.62. The molecule has 1 rings (SSSR count). The number of nitrogens with two attached hydrogens (primary N) is 1. The third-order valence-corrected chi connectivity index (χ3v) is 3.60. The van der Waals surface area contributed by atoms with Crippen LogP contribution in [0.1, 0.15) is 45.7 Å². The second kappa shape index (κ2) is 9.15. The molecule has 0 aliphatic rings. The van der Waals surface area contributed by atoms with Crippen LogP contribution in [-0.4, -0.2) is 36.0 Å². The molecule has 128 valence electrons. The van der Waals surface area contributed by atoms with Crippen LogP contribution in [0.15, 0.2) is 24.3 Å². The van der Waals surface area contributed by atoms with Crippen molar-refractivity contribution in [3.05, 3.63) is 29.8 Å². The summed E-state index contributed by atoms with van der Waals surface area (Å²) in [7, 11) is 0. The fourth-order valence-corrected chi connectivity index (χ4v) is 2.24. The fourth-order valence-electron chi connectivity index (χ4n) is 2.24. The van der Waals surface area contributed by atoms with Crippen LogP contribution < -0.4 is 16.4 Å². The van der Waals surface area contributed by atoms with Crippen LogP contribution in [0.3, 0.4) is 0 Å². The zero-order valence-corrected chi connectivity index (χ0v) is 14.4. The van der Waals surface area contributed by atoms with Gasteiger partial charge in [-0.1, -0.05) is 12.1 Å². The van der Waals surface area contributed by atoms with E-state index in [1.165, 1.54) is 0 Å². The van der Waals surface area contributed by atoms with Gasteiger partial charge in [0.05, 0.1) is 6.04 Å². The van der Waals surface area contributed by atoms with Crippen LogP contribution in [-0.2, 0) is 4.79 Å². The number of urea groups is 1. The van der Waals surface area contributed by atoms with Crippen LogP contribution in [0, 0.1) is 0 Å². The van der Waals surface area contributed by atoms with Crippen LogP contribution in [0.4, 0.5) is 10.5 Å². The van der Waals surface area contributed by atoms with Crippen molar-refractivity contribution < 1.29 is 9.59 Å². The summed E-state index contributed by atoms with van der Waals surface area (Å²) in [5.74, 6) is -0.0635. The Bertz CT molecular complexity index is 510. The van der Waals surface area contributed by atoms with E-state index in [1.54, 1.807) is 11.8 Å². The summed E-state index contributed by atoms with van der Waals surface area (Å²) < 4.78 is 0. The van der Waals surface area contributed by atoms with Gasteiger partial charge < -0.3 is 21.3 Å². The van der Waals surface area contributed by atoms with Crippen LogP contribution in [0.5, 0.6) is 0 Å². The molecule has 0 aromatic heterocycles. The Kier molecular flexibility index (Phi) is 7.54. The fraction of sp³-hybridized carbons (Fsp3) is 0.529. The molecule has 6 heteroatoms. The zero-order valence-electron chi connectivity index (χ0n) is 14.4. The lowest BCUT2D eigenvalue weighted by molar-refractivity contribution is -0.122. The highest BCUT2D eigenvalue weighted by atomic mass is 16.2. The van der Waals surface area contributed by atoms with Crippen molar-refractivity contribution >= 4 is 17.6 Å². The molecule has 3 amide bonds. The number of benzene rings is 1. The van der Waals surface area contributed by atoms with Gasteiger partial charge in [-0.25, -0.2) is 4.79 Å². The van der Waals surface area contributed by atoms with Gasteiger partial charge in [0.25, 0.3) is 0 Å². The molecule has 0 fully saturated rings. The topological polar surface area (TPSA) is 87.5 Å². The van der Waals surface area contributed by atoms with Crippen molar-refractivity contribution in [3.8, 4) is 0 Å². The highest BCUT2D eigenvalue weighted by molar-refractivity contribution is 5.89. The normalized spacial score (nSPS) is 13.1. The molecular formula is C17H28N4O2. The number of carbonyl (C=O) groups excluding carboxylic acids is 2. The molecule has 0 aliphatic carbocycles. The molecule has 0 saturated carbocycles. The Labute approximate surface area is 138 Å². The standard InChI is InChI=1S/C17H28N4O2/c1-5-21(6-2)17(23)20-15-9-7-14(8-10-15)13(4)19-16(22)11-12(3)18/h7-10,12-13H,5-6,11,18H2,1-4H3,(H,19,22)(H,20,23). The molecule has 0 radical (unpaired) electrons. The summed E-state index contributed by atoms with van der Waals surface area (Å²) in [6.45, 7) is 8.95. The van der Waals surface area contributed by atoms with Gasteiger partial charge >= 0.3 is 6.03 Å². The Morgan fingerprint density at radius 3 is 2.17 bits per heavy atom. The number of amides is 3. The number of carbonyl (C=O) groups is 2. The molecule has 0 aliphatic heterocycles. The van der Waals surface area contributed by atoms with E-state index in [-0.39, 0.29) is 24.0 Å². The highest BCUT2D eigenvalue weighted by Crippen LogP contribution is 2.16. The van der Waals surface area contributed by atoms with Gasteiger partial charge in [-0.05, 0) is 45.4 Å². The maximum Gasteiger partial charge on any atom is 0.321 e. The molecule has 23 heavy (non-hydrogen) atoms. The highest BCUT2D eigenvalue weighted by Gasteiger charge is 2.12. The molecule has 0 bridgehead atoms. The second-order valence-corrected chi connectivity index (χ2v) is 5.70. The van der Waals surface area contributed by atoms with Crippen molar-refractivity contribution in [1.82, 2.24) is 10.2 Å². The van der Waals surface area contributed by atoms with Gasteiger partial charge in [-0.15, -0.1) is 0 Å². The number of nitrogens with zero attached hydrogens (tertiary/aromatic N) is 1. The SMILES string of the molecule is CCN(CC)C(=O)Nc1ccc(C(C)NC(=O)CC(C)N)cc1. The molecule has 0 saturated heterocycles. The third-order valence-electron chi connectivity index (χ3n) is 3.60. The van der Waals surface area contributed by atoms with E-state index < -0.39 is 0 Å². The van der Waals surface area contributed by atoms with Gasteiger partial charge in [0.15, 0.2) is 0 Å². The summed E-state index contributed by atoms with van der Waals surface area (Å²) in [5.41, 5.74) is 7.33. The number of nitrogens with one attached hydrogen (secondary N) is 2. The first kappa shape index (κ1) is 19.0. The number of hydrogen-bond acceptors (Lipinski definition) is 3. The molecule has 0 heterocycles. The minimum absolute atomic E-state index is 0.0635. The molecule has 0 spiro atoms. The Morgan fingerprint density at radius 1 is 1.13 bits per heavy atom. The van der Waals surface area contributed by atoms with Crippen molar-refractivity contribution in [2.45, 2.75) is 46.2 Å². The number of hydrogen-bond donors (Lipinski definition) is 3. The molecule has 1 aromatic carbocycles. The van der Waals surface area contributed by atoms with E-state index in [0.717, 1.165) is 11.3 Å². The molecule has 2 atom stereocenters. The van der Waals surface area contributed by atoms with Gasteiger partial charge in [0.2, 0.25) is 5.91 Å². The lowest BCUT2D eigenvalue weighted by Gasteiger charge is -2.20. The predicted molar refractivity (Wildman–Crippen MR) is 93.2 cm³/mol. The van der Waals surface area contributed by atoms with Crippen molar-refractivity contribution in [2.75, 3.05) is 18.4 Å². The maximum atomic E-state index is 12.0. The van der Waals surface area contributed by atoms with E-state index >= 15 is 0 Å². The molecular weight excluding hydrogens is 292 g/mol. The Morgan fingerprint density at radius 2 is 1.70 bits per heavy atom. The number of rotatable bonds is 7. The molecule has 1 aromatic rings.